The number of carbonyl (C=O) groups excluding carboxylic acids is 2. The van der Waals surface area contributed by atoms with E-state index < -0.39 is 6.09 Å². The van der Waals surface area contributed by atoms with Gasteiger partial charge in [0.2, 0.25) is 5.91 Å². The molecule has 1 aliphatic rings. The number of anilines is 1. The zero-order chi connectivity index (χ0) is 16.4. The molecule has 3 rings (SSSR count). The zero-order valence-corrected chi connectivity index (χ0v) is 12.8. The van der Waals surface area contributed by atoms with E-state index in [2.05, 4.69) is 15.5 Å². The molecule has 2 heterocycles. The van der Waals surface area contributed by atoms with Gasteiger partial charge in [-0.25, -0.2) is 4.79 Å². The van der Waals surface area contributed by atoms with Gasteiger partial charge in [-0.3, -0.25) is 9.69 Å². The van der Waals surface area contributed by atoms with E-state index in [0.29, 0.717) is 30.5 Å². The van der Waals surface area contributed by atoms with Gasteiger partial charge in [0.25, 0.3) is 5.89 Å². The van der Waals surface area contributed by atoms with Crippen molar-refractivity contribution >= 4 is 17.7 Å². The van der Waals surface area contributed by atoms with Crippen molar-refractivity contribution in [1.29, 1.82) is 0 Å². The second-order valence-corrected chi connectivity index (χ2v) is 5.25. The van der Waals surface area contributed by atoms with E-state index in [-0.39, 0.29) is 12.0 Å². The fourth-order valence-corrected chi connectivity index (χ4v) is 2.29. The summed E-state index contributed by atoms with van der Waals surface area (Å²) >= 11 is 0. The van der Waals surface area contributed by atoms with Gasteiger partial charge in [0, 0.05) is 18.2 Å². The fourth-order valence-electron chi connectivity index (χ4n) is 2.29. The van der Waals surface area contributed by atoms with Crippen LogP contribution in [0.3, 0.4) is 0 Å². The van der Waals surface area contributed by atoms with E-state index in [1.165, 1.54) is 11.8 Å². The maximum Gasteiger partial charge on any atom is 0.414 e. The Morgan fingerprint density at radius 2 is 2.13 bits per heavy atom. The van der Waals surface area contributed by atoms with Crippen molar-refractivity contribution in [3.63, 3.8) is 0 Å². The number of amides is 2. The summed E-state index contributed by atoms with van der Waals surface area (Å²) in [5.74, 6) is 0.841. The highest BCUT2D eigenvalue weighted by atomic mass is 16.6. The molecule has 8 heteroatoms. The van der Waals surface area contributed by atoms with Gasteiger partial charge in [-0.05, 0) is 31.2 Å². The lowest BCUT2D eigenvalue weighted by molar-refractivity contribution is -0.119. The predicted molar refractivity (Wildman–Crippen MR) is 80.8 cm³/mol. The second kappa shape index (κ2) is 6.07. The van der Waals surface area contributed by atoms with Gasteiger partial charge in [-0.1, -0.05) is 5.16 Å². The molecule has 120 valence electrons. The normalized spacial score (nSPS) is 17.2. The van der Waals surface area contributed by atoms with E-state index >= 15 is 0 Å². The number of ether oxygens (including phenoxy) is 1. The molecular formula is C15H16N4O4. The van der Waals surface area contributed by atoms with Crippen molar-refractivity contribution in [2.45, 2.75) is 20.0 Å². The maximum absolute atomic E-state index is 11.9. The number of hydrogen-bond donors (Lipinski definition) is 1. The third kappa shape index (κ3) is 3.31. The molecular weight excluding hydrogens is 300 g/mol. The number of aromatic nitrogens is 2. The quantitative estimate of drug-likeness (QED) is 0.918. The fraction of sp³-hybridized carbons (Fsp3) is 0.333. The Balaban J connectivity index is 1.69. The van der Waals surface area contributed by atoms with Crippen LogP contribution in [0.5, 0.6) is 0 Å². The first-order valence-corrected chi connectivity index (χ1v) is 7.16. The molecule has 2 aromatic rings. The highest BCUT2D eigenvalue weighted by Gasteiger charge is 2.32. The molecule has 1 aromatic carbocycles. The van der Waals surface area contributed by atoms with Crippen LogP contribution in [-0.4, -0.2) is 41.3 Å². The smallest absolute Gasteiger partial charge is 0.414 e. The Labute approximate surface area is 132 Å². The summed E-state index contributed by atoms with van der Waals surface area (Å²) in [6, 6.07) is 7.18. The van der Waals surface area contributed by atoms with E-state index in [1.54, 1.807) is 31.2 Å². The average molecular weight is 316 g/mol. The third-order valence-corrected chi connectivity index (χ3v) is 3.41. The SMILES string of the molecule is CC(=O)NC[C@@H]1CN(c2ccc(-c3nc(C)no3)cc2)C(=O)O1. The number of hydrogen-bond acceptors (Lipinski definition) is 6. The molecule has 23 heavy (non-hydrogen) atoms. The van der Waals surface area contributed by atoms with Gasteiger partial charge in [-0.2, -0.15) is 4.98 Å². The van der Waals surface area contributed by atoms with E-state index in [4.69, 9.17) is 9.26 Å². The lowest BCUT2D eigenvalue weighted by Gasteiger charge is -2.13. The number of cyclic esters (lactones) is 1. The summed E-state index contributed by atoms with van der Waals surface area (Å²) in [7, 11) is 0. The summed E-state index contributed by atoms with van der Waals surface area (Å²) < 4.78 is 10.3. The predicted octanol–water partition coefficient (Wildman–Crippen LogP) is 1.51. The molecule has 0 radical (unpaired) electrons. The first-order valence-electron chi connectivity index (χ1n) is 7.16. The van der Waals surface area contributed by atoms with Crippen molar-refractivity contribution < 1.29 is 18.8 Å². The van der Waals surface area contributed by atoms with Crippen LogP contribution in [-0.2, 0) is 9.53 Å². The van der Waals surface area contributed by atoms with Crippen molar-refractivity contribution in [2.24, 2.45) is 0 Å². The van der Waals surface area contributed by atoms with Crippen molar-refractivity contribution in [3.8, 4) is 11.5 Å². The van der Waals surface area contributed by atoms with Crippen LogP contribution in [0.15, 0.2) is 28.8 Å². The van der Waals surface area contributed by atoms with Crippen LogP contribution in [0.25, 0.3) is 11.5 Å². The standard InChI is InChI=1S/C15H16N4O4/c1-9-17-14(23-18-9)11-3-5-12(6-4-11)19-8-13(22-15(19)21)7-16-10(2)20/h3-6,13H,7-8H2,1-2H3,(H,16,20)/t13-/m1/s1. The summed E-state index contributed by atoms with van der Waals surface area (Å²) in [5, 5.41) is 6.39. The van der Waals surface area contributed by atoms with E-state index in [0.717, 1.165) is 5.56 Å². The molecule has 2 amide bonds. The Kier molecular flexibility index (Phi) is 3.96. The molecule has 1 saturated heterocycles. The van der Waals surface area contributed by atoms with Gasteiger partial charge in [0.05, 0.1) is 13.1 Å². The van der Waals surface area contributed by atoms with Crippen LogP contribution in [0.4, 0.5) is 10.5 Å². The Hall–Kier alpha value is -2.90. The zero-order valence-electron chi connectivity index (χ0n) is 12.8. The lowest BCUT2D eigenvalue weighted by Crippen LogP contribution is -2.33. The Bertz CT molecular complexity index is 725. The topological polar surface area (TPSA) is 97.6 Å². The number of benzene rings is 1. The molecule has 1 fully saturated rings. The molecule has 0 bridgehead atoms. The van der Waals surface area contributed by atoms with Gasteiger partial charge >= 0.3 is 6.09 Å². The Morgan fingerprint density at radius 1 is 1.39 bits per heavy atom. The first kappa shape index (κ1) is 15.0. The van der Waals surface area contributed by atoms with Crippen LogP contribution in [0, 0.1) is 6.92 Å². The molecule has 1 atom stereocenters. The van der Waals surface area contributed by atoms with E-state index in [9.17, 15) is 9.59 Å². The largest absolute Gasteiger partial charge is 0.442 e. The molecule has 1 aliphatic heterocycles. The minimum absolute atomic E-state index is 0.154. The van der Waals surface area contributed by atoms with Crippen molar-refractivity contribution in [2.75, 3.05) is 18.0 Å². The van der Waals surface area contributed by atoms with Crippen LogP contribution in [0.2, 0.25) is 0 Å². The van der Waals surface area contributed by atoms with Crippen molar-refractivity contribution in [3.05, 3.63) is 30.1 Å². The molecule has 1 aromatic heterocycles. The molecule has 0 aliphatic carbocycles. The maximum atomic E-state index is 11.9. The molecule has 0 saturated carbocycles. The number of aryl methyl sites for hydroxylation is 1. The first-order chi connectivity index (χ1) is 11.0. The minimum atomic E-state index is -0.429. The second-order valence-electron chi connectivity index (χ2n) is 5.25. The van der Waals surface area contributed by atoms with Crippen LogP contribution in [0.1, 0.15) is 12.7 Å². The van der Waals surface area contributed by atoms with Gasteiger partial charge in [-0.15, -0.1) is 0 Å². The summed E-state index contributed by atoms with van der Waals surface area (Å²) in [4.78, 5) is 28.5. The molecule has 8 nitrogen and oxygen atoms in total. The highest BCUT2D eigenvalue weighted by Crippen LogP contribution is 2.25. The monoisotopic (exact) mass is 316 g/mol. The summed E-state index contributed by atoms with van der Waals surface area (Å²) in [6.07, 6.45) is -0.786. The number of rotatable bonds is 4. The lowest BCUT2D eigenvalue weighted by atomic mass is 10.2. The van der Waals surface area contributed by atoms with Crippen molar-refractivity contribution in [1.82, 2.24) is 15.5 Å². The number of nitrogens with zero attached hydrogens (tertiary/aromatic N) is 3. The van der Waals surface area contributed by atoms with Crippen LogP contribution >= 0.6 is 0 Å². The minimum Gasteiger partial charge on any atom is -0.442 e. The molecule has 0 spiro atoms. The molecule has 1 N–H and O–H groups in total. The Morgan fingerprint density at radius 3 is 2.74 bits per heavy atom. The number of carbonyl (C=O) groups is 2. The summed E-state index contributed by atoms with van der Waals surface area (Å²) in [6.45, 7) is 3.86. The number of nitrogens with one attached hydrogen (secondary N) is 1. The van der Waals surface area contributed by atoms with Gasteiger partial charge in [0.15, 0.2) is 5.82 Å². The van der Waals surface area contributed by atoms with E-state index in [1.807, 2.05) is 0 Å². The van der Waals surface area contributed by atoms with Gasteiger partial charge < -0.3 is 14.6 Å². The van der Waals surface area contributed by atoms with Crippen LogP contribution < -0.4 is 10.2 Å². The molecule has 0 unspecified atom stereocenters. The average Bonchev–Trinajstić information content (AvgIpc) is 3.11. The highest BCUT2D eigenvalue weighted by molar-refractivity contribution is 5.90. The third-order valence-electron chi connectivity index (χ3n) is 3.41. The van der Waals surface area contributed by atoms with Gasteiger partial charge in [0.1, 0.15) is 6.10 Å². The summed E-state index contributed by atoms with van der Waals surface area (Å²) in [5.41, 5.74) is 1.48.